The highest BCUT2D eigenvalue weighted by Gasteiger charge is 2.55. The number of alkyl carbamates (subject to hydrolysis) is 1. The molecule has 0 bridgehead atoms. The van der Waals surface area contributed by atoms with Gasteiger partial charge in [-0.25, -0.2) is 9.59 Å². The molecule has 1 N–H and O–H groups in total. The van der Waals surface area contributed by atoms with Crippen molar-refractivity contribution in [3.05, 3.63) is 71.8 Å². The molecular weight excluding hydrogens is 526 g/mol. The zero-order valence-corrected chi connectivity index (χ0v) is 24.3. The Morgan fingerprint density at radius 1 is 1.05 bits per heavy atom. The fraction of sp³-hybridized carbons (Fsp3) is 0.516. The van der Waals surface area contributed by atoms with Gasteiger partial charge < -0.3 is 24.6 Å². The van der Waals surface area contributed by atoms with E-state index in [2.05, 4.69) is 17.4 Å². The summed E-state index contributed by atoms with van der Waals surface area (Å²) in [6, 6.07) is 18.9. The van der Waals surface area contributed by atoms with Crippen molar-refractivity contribution in [1.82, 2.24) is 15.1 Å². The van der Waals surface area contributed by atoms with Gasteiger partial charge in [0.05, 0.1) is 0 Å². The maximum Gasteiger partial charge on any atom is 0.410 e. The van der Waals surface area contributed by atoms with E-state index in [4.69, 9.17) is 22.1 Å². The van der Waals surface area contributed by atoms with Crippen molar-refractivity contribution in [2.24, 2.45) is 17.8 Å². The maximum atomic E-state index is 13.6. The quantitative estimate of drug-likeness (QED) is 0.479. The van der Waals surface area contributed by atoms with Crippen LogP contribution in [0.3, 0.4) is 0 Å². The molecule has 1 aliphatic carbocycles. The molecule has 6 unspecified atom stereocenters. The van der Waals surface area contributed by atoms with Crippen molar-refractivity contribution in [3.63, 3.8) is 0 Å². The minimum Gasteiger partial charge on any atom is -0.445 e. The largest absolute Gasteiger partial charge is 0.445 e. The second-order valence-electron chi connectivity index (χ2n) is 12.1. The van der Waals surface area contributed by atoms with Crippen LogP contribution in [0.5, 0.6) is 0 Å². The van der Waals surface area contributed by atoms with E-state index in [9.17, 15) is 14.4 Å². The number of hydrogen-bond acceptors (Lipinski definition) is 6. The van der Waals surface area contributed by atoms with Crippen molar-refractivity contribution < 1.29 is 23.9 Å². The number of nitrogens with one attached hydrogen (secondary N) is 1. The smallest absolute Gasteiger partial charge is 0.410 e. The Labute approximate surface area is 241 Å². The zero-order chi connectivity index (χ0) is 28.4. The molecule has 2 heterocycles. The summed E-state index contributed by atoms with van der Waals surface area (Å²) in [5.74, 6) is 0.410. The topological polar surface area (TPSA) is 88.2 Å². The minimum atomic E-state index is -0.613. The van der Waals surface area contributed by atoms with Crippen LogP contribution in [0.1, 0.15) is 50.0 Å². The second-order valence-corrected chi connectivity index (χ2v) is 12.7. The molecule has 2 aromatic rings. The summed E-state index contributed by atoms with van der Waals surface area (Å²) in [5.41, 5.74) is 1.43. The Kier molecular flexibility index (Phi) is 8.31. The van der Waals surface area contributed by atoms with Crippen LogP contribution in [0.2, 0.25) is 0 Å². The molecule has 0 spiro atoms. The van der Waals surface area contributed by atoms with E-state index in [1.807, 2.05) is 79.1 Å². The van der Waals surface area contributed by atoms with Gasteiger partial charge in [0.15, 0.2) is 0 Å². The van der Waals surface area contributed by atoms with E-state index in [1.165, 1.54) is 0 Å². The summed E-state index contributed by atoms with van der Waals surface area (Å²) < 4.78 is 11.0. The molecule has 0 aromatic heterocycles. The highest BCUT2D eigenvalue weighted by Crippen LogP contribution is 2.52. The predicted octanol–water partition coefficient (Wildman–Crippen LogP) is 5.06. The lowest BCUT2D eigenvalue weighted by molar-refractivity contribution is -0.132. The van der Waals surface area contributed by atoms with Gasteiger partial charge in [-0.1, -0.05) is 60.7 Å². The minimum absolute atomic E-state index is 0.0295. The lowest BCUT2D eigenvalue weighted by atomic mass is 9.85. The van der Waals surface area contributed by atoms with Crippen molar-refractivity contribution in [2.45, 2.75) is 63.2 Å². The van der Waals surface area contributed by atoms with Gasteiger partial charge >= 0.3 is 12.2 Å². The first-order valence-corrected chi connectivity index (χ1v) is 14.6. The molecule has 5 rings (SSSR count). The summed E-state index contributed by atoms with van der Waals surface area (Å²) in [6.45, 7) is 7.53. The van der Waals surface area contributed by atoms with E-state index in [0.717, 1.165) is 17.5 Å². The Hall–Kier alpha value is -3.20. The van der Waals surface area contributed by atoms with E-state index >= 15 is 0 Å². The van der Waals surface area contributed by atoms with Gasteiger partial charge in [-0.05, 0) is 62.5 Å². The number of nitrogens with zero attached hydrogens (tertiary/aromatic N) is 2. The Balaban J connectivity index is 1.28. The number of amides is 3. The highest BCUT2D eigenvalue weighted by atomic mass is 32.1. The predicted molar refractivity (Wildman–Crippen MR) is 155 cm³/mol. The molecule has 1 saturated carbocycles. The Bertz CT molecular complexity index is 1200. The standard InChI is InChI=1S/C31H39N3O5S/c1-31(2,3)39-30(37)33-17-22-16-25(26(23(22)18-33)27(40)21-12-8-5-9-13-21)34-15-14-24(28(34)35)32-29(36)38-19-20-10-6-4-7-11-20/h4-13,22-27,40H,14-19H2,1-3H3,(H,32,36). The number of benzene rings is 2. The summed E-state index contributed by atoms with van der Waals surface area (Å²) in [5, 5.41) is 2.68. The summed E-state index contributed by atoms with van der Waals surface area (Å²) in [7, 11) is 0. The number of fused-ring (bicyclic) bond motifs is 1. The molecule has 40 heavy (non-hydrogen) atoms. The number of thiol groups is 1. The molecule has 3 fully saturated rings. The summed E-state index contributed by atoms with van der Waals surface area (Å²) >= 11 is 5.11. The first-order valence-electron chi connectivity index (χ1n) is 14.1. The SMILES string of the molecule is CC(C)(C)OC(=O)N1CC2CC(N3CCC(NC(=O)OCc4ccccc4)C3=O)C(C(S)c3ccccc3)C2C1. The monoisotopic (exact) mass is 565 g/mol. The fourth-order valence-corrected chi connectivity index (χ4v) is 7.13. The van der Waals surface area contributed by atoms with Crippen LogP contribution in [0.15, 0.2) is 60.7 Å². The zero-order valence-electron chi connectivity index (χ0n) is 23.4. The van der Waals surface area contributed by atoms with Crippen LogP contribution in [-0.4, -0.2) is 65.2 Å². The van der Waals surface area contributed by atoms with Gasteiger partial charge in [-0.2, -0.15) is 12.6 Å². The van der Waals surface area contributed by atoms with E-state index < -0.39 is 17.7 Å². The lowest BCUT2D eigenvalue weighted by Crippen LogP contribution is -2.47. The van der Waals surface area contributed by atoms with Crippen molar-refractivity contribution in [3.8, 4) is 0 Å². The molecule has 6 atom stereocenters. The average molecular weight is 566 g/mol. The van der Waals surface area contributed by atoms with E-state index in [0.29, 0.717) is 26.1 Å². The third kappa shape index (κ3) is 6.24. The van der Waals surface area contributed by atoms with Crippen molar-refractivity contribution >= 4 is 30.7 Å². The van der Waals surface area contributed by atoms with E-state index in [-0.39, 0.29) is 47.7 Å². The van der Waals surface area contributed by atoms with Crippen LogP contribution in [0, 0.1) is 17.8 Å². The molecule has 2 saturated heterocycles. The summed E-state index contributed by atoms with van der Waals surface area (Å²) in [4.78, 5) is 42.7. The Morgan fingerprint density at radius 3 is 2.40 bits per heavy atom. The third-order valence-electron chi connectivity index (χ3n) is 8.28. The lowest BCUT2D eigenvalue weighted by Gasteiger charge is -2.36. The molecule has 3 aliphatic rings. The number of hydrogen-bond donors (Lipinski definition) is 2. The van der Waals surface area contributed by atoms with Gasteiger partial charge in [0, 0.05) is 30.9 Å². The molecular formula is C31H39N3O5S. The van der Waals surface area contributed by atoms with Crippen LogP contribution >= 0.6 is 12.6 Å². The van der Waals surface area contributed by atoms with Crippen LogP contribution in [-0.2, 0) is 20.9 Å². The van der Waals surface area contributed by atoms with Crippen molar-refractivity contribution in [1.29, 1.82) is 0 Å². The molecule has 3 amide bonds. The second kappa shape index (κ2) is 11.7. The number of ether oxygens (including phenoxy) is 2. The molecule has 8 nitrogen and oxygen atoms in total. The molecule has 0 radical (unpaired) electrons. The number of carbonyl (C=O) groups is 3. The normalized spacial score (nSPS) is 26.9. The Morgan fingerprint density at radius 2 is 1.73 bits per heavy atom. The molecule has 9 heteroatoms. The van der Waals surface area contributed by atoms with Crippen LogP contribution < -0.4 is 5.32 Å². The number of carbonyl (C=O) groups excluding carboxylic acids is 3. The first-order chi connectivity index (χ1) is 19.1. The van der Waals surface area contributed by atoms with Gasteiger partial charge in [0.25, 0.3) is 0 Å². The molecule has 2 aliphatic heterocycles. The maximum absolute atomic E-state index is 13.6. The van der Waals surface area contributed by atoms with Gasteiger partial charge in [-0.3, -0.25) is 4.79 Å². The first kappa shape index (κ1) is 28.3. The number of rotatable bonds is 6. The van der Waals surface area contributed by atoms with Gasteiger partial charge in [0.1, 0.15) is 18.2 Å². The molecule has 2 aromatic carbocycles. The summed E-state index contributed by atoms with van der Waals surface area (Å²) in [6.07, 6.45) is 0.441. The van der Waals surface area contributed by atoms with Gasteiger partial charge in [0.2, 0.25) is 5.91 Å². The third-order valence-corrected chi connectivity index (χ3v) is 8.92. The van der Waals surface area contributed by atoms with Crippen LogP contribution in [0.4, 0.5) is 9.59 Å². The van der Waals surface area contributed by atoms with Gasteiger partial charge in [-0.15, -0.1) is 0 Å². The fourth-order valence-electron chi connectivity index (χ4n) is 6.53. The highest BCUT2D eigenvalue weighted by molar-refractivity contribution is 7.80. The number of likely N-dealkylation sites (tertiary alicyclic amines) is 2. The molecule has 214 valence electrons. The average Bonchev–Trinajstić information content (AvgIpc) is 3.60. The van der Waals surface area contributed by atoms with Crippen molar-refractivity contribution in [2.75, 3.05) is 19.6 Å². The van der Waals surface area contributed by atoms with E-state index in [1.54, 1.807) is 0 Å². The van der Waals surface area contributed by atoms with Crippen LogP contribution in [0.25, 0.3) is 0 Å².